The average Bonchev–Trinajstić information content (AvgIpc) is 3.05. The fraction of sp³-hybridized carbons (Fsp3) is 0.421. The molecule has 1 aromatic carbocycles. The summed E-state index contributed by atoms with van der Waals surface area (Å²) in [5.74, 6) is -1.40. The lowest BCUT2D eigenvalue weighted by molar-refractivity contribution is -0.137. The van der Waals surface area contributed by atoms with Gasteiger partial charge in [0.1, 0.15) is 0 Å². The van der Waals surface area contributed by atoms with Gasteiger partial charge in [0, 0.05) is 19.0 Å². The van der Waals surface area contributed by atoms with Gasteiger partial charge in [0.15, 0.2) is 11.4 Å². The number of aromatic nitrogens is 2. The maximum absolute atomic E-state index is 13.2. The molecule has 7 nitrogen and oxygen atoms in total. The van der Waals surface area contributed by atoms with E-state index in [0.29, 0.717) is 25.1 Å². The second kappa shape index (κ2) is 7.51. The molecule has 2 N–H and O–H groups in total. The van der Waals surface area contributed by atoms with Crippen LogP contribution >= 0.6 is 0 Å². The van der Waals surface area contributed by atoms with Crippen molar-refractivity contribution < 1.29 is 23.1 Å². The molecule has 0 radical (unpaired) electrons. The topological polar surface area (TPSA) is 87.5 Å². The lowest BCUT2D eigenvalue weighted by Crippen LogP contribution is -2.37. The van der Waals surface area contributed by atoms with Crippen LogP contribution in [0.3, 0.4) is 0 Å². The molecule has 3 rings (SSSR count). The van der Waals surface area contributed by atoms with Gasteiger partial charge in [-0.2, -0.15) is 18.3 Å². The van der Waals surface area contributed by atoms with Crippen molar-refractivity contribution in [1.29, 1.82) is 0 Å². The highest BCUT2D eigenvalue weighted by atomic mass is 19.4. The molecular formula is C19H21F3N4O3. The van der Waals surface area contributed by atoms with Crippen LogP contribution in [0.15, 0.2) is 35.3 Å². The van der Waals surface area contributed by atoms with Crippen LogP contribution in [0, 0.1) is 0 Å². The summed E-state index contributed by atoms with van der Waals surface area (Å²) >= 11 is 0. The fourth-order valence-electron chi connectivity index (χ4n) is 3.74. The van der Waals surface area contributed by atoms with Crippen molar-refractivity contribution in [2.45, 2.75) is 24.6 Å². The van der Waals surface area contributed by atoms with E-state index in [4.69, 9.17) is 0 Å². The van der Waals surface area contributed by atoms with Gasteiger partial charge in [-0.15, -0.1) is 0 Å². The lowest BCUT2D eigenvalue weighted by Gasteiger charge is -2.31. The average molecular weight is 410 g/mol. The largest absolute Gasteiger partial charge is 0.503 e. The number of likely N-dealkylation sites (N-methyl/N-ethyl adjacent to an activating group) is 1. The van der Waals surface area contributed by atoms with Crippen molar-refractivity contribution >= 4 is 5.91 Å². The summed E-state index contributed by atoms with van der Waals surface area (Å²) in [7, 11) is 3.19. The summed E-state index contributed by atoms with van der Waals surface area (Å²) in [5, 5.41) is 16.3. The van der Waals surface area contributed by atoms with E-state index in [1.165, 1.54) is 17.8 Å². The van der Waals surface area contributed by atoms with Crippen molar-refractivity contribution in [2.75, 3.05) is 27.2 Å². The zero-order valence-corrected chi connectivity index (χ0v) is 16.0. The SMILES string of the molecule is CNC(=O)c1nn(CC2(c3cccc(C(F)(F)F)c3)CCN(C)C2)cc(O)c1=O. The number of halogens is 3. The molecule has 1 aliphatic rings. The summed E-state index contributed by atoms with van der Waals surface area (Å²) < 4.78 is 40.9. The Balaban J connectivity index is 2.07. The van der Waals surface area contributed by atoms with Gasteiger partial charge < -0.3 is 15.3 Å². The van der Waals surface area contributed by atoms with Gasteiger partial charge in [-0.3, -0.25) is 14.3 Å². The van der Waals surface area contributed by atoms with Crippen molar-refractivity contribution in [3.05, 3.63) is 57.5 Å². The van der Waals surface area contributed by atoms with Crippen LogP contribution in [-0.4, -0.2) is 52.9 Å². The second-order valence-corrected chi connectivity index (χ2v) is 7.32. The van der Waals surface area contributed by atoms with E-state index in [0.717, 1.165) is 18.3 Å². The molecule has 0 aliphatic carbocycles. The normalized spacial score (nSPS) is 20.0. The van der Waals surface area contributed by atoms with E-state index in [1.807, 2.05) is 11.9 Å². The van der Waals surface area contributed by atoms with E-state index >= 15 is 0 Å². The maximum Gasteiger partial charge on any atom is 0.416 e. The van der Waals surface area contributed by atoms with Crippen molar-refractivity contribution in [1.82, 2.24) is 20.0 Å². The minimum Gasteiger partial charge on any atom is -0.503 e. The molecule has 1 atom stereocenters. The van der Waals surface area contributed by atoms with Crippen LogP contribution in [0.25, 0.3) is 0 Å². The van der Waals surface area contributed by atoms with Crippen LogP contribution in [0.4, 0.5) is 13.2 Å². The Kier molecular flexibility index (Phi) is 5.40. The maximum atomic E-state index is 13.2. The highest BCUT2D eigenvalue weighted by Gasteiger charge is 2.41. The number of alkyl halides is 3. The van der Waals surface area contributed by atoms with Gasteiger partial charge in [-0.25, -0.2) is 0 Å². The summed E-state index contributed by atoms with van der Waals surface area (Å²) in [6, 6.07) is 5.14. The van der Waals surface area contributed by atoms with Crippen LogP contribution in [0.2, 0.25) is 0 Å². The number of nitrogens with one attached hydrogen (secondary N) is 1. The predicted octanol–water partition coefficient (Wildman–Crippen LogP) is 1.60. The van der Waals surface area contributed by atoms with E-state index < -0.39 is 39.9 Å². The first kappa shape index (κ1) is 20.8. The molecule has 1 aromatic heterocycles. The minimum absolute atomic E-state index is 0.0937. The van der Waals surface area contributed by atoms with E-state index in [2.05, 4.69) is 10.4 Å². The quantitative estimate of drug-likeness (QED) is 0.800. The standard InChI is InChI=1S/C19H21F3N4O3/c1-23-17(29)15-16(28)14(27)9-26(24-15)11-18(6-7-25(2)10-18)12-4-3-5-13(8-12)19(20,21)22/h3-5,8-9,27H,6-7,10-11H2,1-2H3,(H,23,29). The number of rotatable bonds is 4. The highest BCUT2D eigenvalue weighted by Crippen LogP contribution is 2.38. The van der Waals surface area contributed by atoms with E-state index in [-0.39, 0.29) is 6.54 Å². The number of hydrogen-bond acceptors (Lipinski definition) is 5. The Morgan fingerprint density at radius 3 is 2.69 bits per heavy atom. The van der Waals surface area contributed by atoms with Gasteiger partial charge in [-0.05, 0) is 31.6 Å². The van der Waals surface area contributed by atoms with Crippen molar-refractivity contribution in [3.63, 3.8) is 0 Å². The first-order chi connectivity index (χ1) is 13.6. The molecule has 1 saturated heterocycles. The molecule has 0 saturated carbocycles. The molecular weight excluding hydrogens is 389 g/mol. The van der Waals surface area contributed by atoms with E-state index in [1.54, 1.807) is 6.07 Å². The Morgan fingerprint density at radius 2 is 2.10 bits per heavy atom. The molecule has 1 fully saturated rings. The molecule has 0 bridgehead atoms. The van der Waals surface area contributed by atoms with Gasteiger partial charge in [0.2, 0.25) is 0 Å². The minimum atomic E-state index is -4.47. The zero-order valence-electron chi connectivity index (χ0n) is 16.0. The Morgan fingerprint density at radius 1 is 1.38 bits per heavy atom. The number of amides is 1. The molecule has 1 unspecified atom stereocenters. The number of aromatic hydroxyl groups is 1. The second-order valence-electron chi connectivity index (χ2n) is 7.32. The number of likely N-dealkylation sites (tertiary alicyclic amines) is 1. The van der Waals surface area contributed by atoms with Gasteiger partial charge in [0.25, 0.3) is 11.3 Å². The van der Waals surface area contributed by atoms with Crippen LogP contribution in [-0.2, 0) is 18.1 Å². The smallest absolute Gasteiger partial charge is 0.416 e. The fourth-order valence-corrected chi connectivity index (χ4v) is 3.74. The highest BCUT2D eigenvalue weighted by molar-refractivity contribution is 5.92. The summed E-state index contributed by atoms with van der Waals surface area (Å²) in [4.78, 5) is 25.9. The summed E-state index contributed by atoms with van der Waals surface area (Å²) in [5.41, 5.74) is -2.37. The lowest BCUT2D eigenvalue weighted by atomic mass is 9.79. The summed E-state index contributed by atoms with van der Waals surface area (Å²) in [6.07, 6.45) is -2.82. The van der Waals surface area contributed by atoms with Crippen LogP contribution in [0.1, 0.15) is 28.0 Å². The number of hydrogen-bond donors (Lipinski definition) is 2. The van der Waals surface area contributed by atoms with Crippen LogP contribution in [0.5, 0.6) is 5.75 Å². The number of carbonyl (C=O) groups is 1. The third kappa shape index (κ3) is 4.12. The summed E-state index contributed by atoms with van der Waals surface area (Å²) in [6.45, 7) is 1.21. The van der Waals surface area contributed by atoms with Crippen molar-refractivity contribution in [3.8, 4) is 5.75 Å². The molecule has 2 aromatic rings. The third-order valence-electron chi connectivity index (χ3n) is 5.20. The van der Waals surface area contributed by atoms with Gasteiger partial charge in [0.05, 0.1) is 18.3 Å². The molecule has 1 amide bonds. The monoisotopic (exact) mass is 410 g/mol. The Hall–Kier alpha value is -2.88. The predicted molar refractivity (Wildman–Crippen MR) is 98.8 cm³/mol. The van der Waals surface area contributed by atoms with Gasteiger partial charge >= 0.3 is 6.18 Å². The molecule has 156 valence electrons. The molecule has 2 heterocycles. The van der Waals surface area contributed by atoms with Crippen LogP contribution < -0.4 is 10.7 Å². The Labute approximate surface area is 164 Å². The number of benzene rings is 1. The van der Waals surface area contributed by atoms with Crippen molar-refractivity contribution in [2.24, 2.45) is 0 Å². The third-order valence-corrected chi connectivity index (χ3v) is 5.20. The van der Waals surface area contributed by atoms with E-state index in [9.17, 15) is 27.9 Å². The number of carbonyl (C=O) groups excluding carboxylic acids is 1. The molecule has 10 heteroatoms. The Bertz CT molecular complexity index is 989. The molecule has 1 aliphatic heterocycles. The first-order valence-corrected chi connectivity index (χ1v) is 8.95. The number of nitrogens with zero attached hydrogens (tertiary/aromatic N) is 3. The van der Waals surface area contributed by atoms with Gasteiger partial charge in [-0.1, -0.05) is 18.2 Å². The molecule has 29 heavy (non-hydrogen) atoms. The first-order valence-electron chi connectivity index (χ1n) is 8.95. The molecule has 0 spiro atoms. The zero-order chi connectivity index (χ0) is 21.4.